The number of methoxy groups -OCH3 is 1. The smallest absolute Gasteiger partial charge is 0.308 e. The molecule has 272 valence electrons. The molecule has 8 rings (SSSR count). The summed E-state index contributed by atoms with van der Waals surface area (Å²) in [4.78, 5) is 57.9. The van der Waals surface area contributed by atoms with E-state index >= 15 is 0 Å². The van der Waals surface area contributed by atoms with Crippen LogP contribution in [0, 0.1) is 13.8 Å². The third-order valence-corrected chi connectivity index (χ3v) is 11.4. The summed E-state index contributed by atoms with van der Waals surface area (Å²) >= 11 is 0. The Morgan fingerprint density at radius 3 is 2.35 bits per heavy atom. The van der Waals surface area contributed by atoms with Crippen LogP contribution in [-0.4, -0.2) is 100 Å². The molecule has 14 heteroatoms. The number of aliphatic hydroxyl groups excluding tert-OH is 1. The van der Waals surface area contributed by atoms with Gasteiger partial charge in [-0.25, -0.2) is 0 Å². The molecule has 6 atom stereocenters. The number of phenolic OH excluding ortho intramolecular Hbond substituents is 1. The van der Waals surface area contributed by atoms with Gasteiger partial charge in [-0.05, 0) is 63.9 Å². The molecular weight excluding hydrogens is 672 g/mol. The maximum Gasteiger partial charge on any atom is 0.308 e. The lowest BCUT2D eigenvalue weighted by atomic mass is 9.73. The van der Waals surface area contributed by atoms with E-state index in [1.165, 1.54) is 21.0 Å². The molecule has 0 unspecified atom stereocenters. The Balaban J connectivity index is 1.24. The van der Waals surface area contributed by atoms with Gasteiger partial charge < -0.3 is 34.5 Å². The van der Waals surface area contributed by atoms with Crippen LogP contribution >= 0.6 is 0 Å². The second-order valence-corrected chi connectivity index (χ2v) is 14.1. The molecular formula is C38H40N4O10. The van der Waals surface area contributed by atoms with Crippen molar-refractivity contribution < 1.29 is 48.3 Å². The van der Waals surface area contributed by atoms with E-state index in [9.17, 15) is 29.4 Å². The first-order valence-corrected chi connectivity index (χ1v) is 17.3. The number of piperazine rings is 1. The van der Waals surface area contributed by atoms with Gasteiger partial charge in [0, 0.05) is 41.8 Å². The van der Waals surface area contributed by atoms with Crippen molar-refractivity contribution in [1.29, 1.82) is 0 Å². The highest BCUT2D eigenvalue weighted by atomic mass is 16.7. The minimum Gasteiger partial charge on any atom is -0.504 e. The summed E-state index contributed by atoms with van der Waals surface area (Å²) in [6, 6.07) is 5.16. The van der Waals surface area contributed by atoms with E-state index in [1.54, 1.807) is 31.2 Å². The highest BCUT2D eigenvalue weighted by molar-refractivity contribution is 6.22. The van der Waals surface area contributed by atoms with Gasteiger partial charge in [-0.2, -0.15) is 0 Å². The topological polar surface area (TPSA) is 167 Å². The van der Waals surface area contributed by atoms with Gasteiger partial charge >= 0.3 is 5.97 Å². The molecule has 1 saturated heterocycles. The first-order chi connectivity index (χ1) is 24.8. The van der Waals surface area contributed by atoms with Gasteiger partial charge in [-0.15, -0.1) is 0 Å². The number of phenols is 1. The average Bonchev–Trinajstić information content (AvgIpc) is 3.70. The van der Waals surface area contributed by atoms with Crippen LogP contribution in [0.5, 0.6) is 28.7 Å². The molecule has 5 aliphatic heterocycles. The quantitative estimate of drug-likeness (QED) is 0.195. The number of aromatic hydroxyl groups is 1. The predicted molar refractivity (Wildman–Crippen MR) is 183 cm³/mol. The van der Waals surface area contributed by atoms with Gasteiger partial charge in [0.1, 0.15) is 18.0 Å². The Bertz CT molecular complexity index is 2050. The second kappa shape index (κ2) is 12.2. The van der Waals surface area contributed by atoms with Gasteiger partial charge in [-0.1, -0.05) is 18.2 Å². The Labute approximate surface area is 299 Å². The van der Waals surface area contributed by atoms with Crippen LogP contribution in [0.2, 0.25) is 0 Å². The molecule has 2 bridgehead atoms. The van der Waals surface area contributed by atoms with Crippen molar-refractivity contribution in [3.8, 4) is 28.7 Å². The molecule has 0 radical (unpaired) electrons. The summed E-state index contributed by atoms with van der Waals surface area (Å²) in [5.41, 5.74) is 4.64. The van der Waals surface area contributed by atoms with Crippen molar-refractivity contribution in [3.05, 3.63) is 74.8 Å². The molecule has 3 aromatic carbocycles. The molecule has 14 nitrogen and oxygen atoms in total. The number of imide groups is 1. The lowest BCUT2D eigenvalue weighted by Gasteiger charge is -2.60. The number of nitrogens with one attached hydrogen (secondary N) is 1. The van der Waals surface area contributed by atoms with E-state index in [0.29, 0.717) is 51.7 Å². The number of nitrogens with zero attached hydrogens (tertiary/aromatic N) is 3. The van der Waals surface area contributed by atoms with Crippen LogP contribution in [-0.2, 0) is 22.4 Å². The number of ether oxygens (including phenoxy) is 4. The zero-order valence-corrected chi connectivity index (χ0v) is 29.7. The molecule has 3 aromatic rings. The monoisotopic (exact) mass is 712 g/mol. The maximum atomic E-state index is 13.9. The molecule has 5 heterocycles. The number of hydrogen-bond donors (Lipinski definition) is 3. The minimum absolute atomic E-state index is 0.0247. The molecule has 3 amide bonds. The predicted octanol–water partition coefficient (Wildman–Crippen LogP) is 2.67. The van der Waals surface area contributed by atoms with Crippen LogP contribution in [0.15, 0.2) is 30.3 Å². The van der Waals surface area contributed by atoms with Crippen molar-refractivity contribution >= 4 is 23.7 Å². The van der Waals surface area contributed by atoms with E-state index in [1.807, 2.05) is 24.9 Å². The summed E-state index contributed by atoms with van der Waals surface area (Å²) in [7, 11) is 3.43. The highest BCUT2D eigenvalue weighted by Crippen LogP contribution is 2.58. The lowest BCUT2D eigenvalue weighted by molar-refractivity contribution is -0.172. The van der Waals surface area contributed by atoms with Gasteiger partial charge in [0.05, 0.1) is 36.4 Å². The van der Waals surface area contributed by atoms with Crippen LogP contribution in [0.1, 0.15) is 80.0 Å². The number of benzene rings is 3. The third kappa shape index (κ3) is 4.73. The average molecular weight is 713 g/mol. The number of aliphatic hydroxyl groups is 1. The molecule has 0 aliphatic carbocycles. The van der Waals surface area contributed by atoms with Crippen molar-refractivity contribution in [1.82, 2.24) is 20.0 Å². The summed E-state index contributed by atoms with van der Waals surface area (Å²) in [5.74, 6) is -0.697. The third-order valence-electron chi connectivity index (χ3n) is 11.4. The number of rotatable bonds is 6. The highest BCUT2D eigenvalue weighted by Gasteiger charge is 2.56. The minimum atomic E-state index is -1.15. The fraction of sp³-hybridized carbons (Fsp3) is 0.421. The van der Waals surface area contributed by atoms with Crippen LogP contribution in [0.4, 0.5) is 0 Å². The maximum absolute atomic E-state index is 13.9. The number of esters is 1. The summed E-state index contributed by atoms with van der Waals surface area (Å²) in [5, 5.41) is 27.0. The lowest BCUT2D eigenvalue weighted by Crippen LogP contribution is -2.69. The summed E-state index contributed by atoms with van der Waals surface area (Å²) < 4.78 is 23.5. The zero-order valence-electron chi connectivity index (χ0n) is 29.7. The van der Waals surface area contributed by atoms with Gasteiger partial charge in [0.15, 0.2) is 23.0 Å². The van der Waals surface area contributed by atoms with Crippen molar-refractivity contribution in [2.45, 2.75) is 77.0 Å². The Morgan fingerprint density at radius 2 is 1.69 bits per heavy atom. The Kier molecular flexibility index (Phi) is 7.97. The number of hydrogen-bond acceptors (Lipinski definition) is 12. The van der Waals surface area contributed by atoms with E-state index in [2.05, 4.69) is 10.2 Å². The van der Waals surface area contributed by atoms with Gasteiger partial charge in [-0.3, -0.25) is 33.9 Å². The first kappa shape index (κ1) is 33.9. The fourth-order valence-corrected chi connectivity index (χ4v) is 9.14. The summed E-state index contributed by atoms with van der Waals surface area (Å²) in [6.45, 7) is 6.30. The SMILES string of the molecule is COc1c(C)cc2c(c1O)[C@@H]1[C@@H]3Cc4c(OC(C)=O)c(C)c5c(c4[C@H](CNC(=O)[C@H](C)N4C(=O)c6ccccc6C4=O)N3[C@@H](O)[C@H](C2)N1C)OCO5. The van der Waals surface area contributed by atoms with Crippen molar-refractivity contribution in [3.63, 3.8) is 0 Å². The van der Waals surface area contributed by atoms with Gasteiger partial charge in [0.2, 0.25) is 12.7 Å². The Hall–Kier alpha value is -5.18. The fourth-order valence-electron chi connectivity index (χ4n) is 9.14. The number of fused-ring (bicyclic) bond motifs is 10. The largest absolute Gasteiger partial charge is 0.504 e. The number of carbonyl (C=O) groups is 4. The molecule has 0 spiro atoms. The number of likely N-dealkylation sites (N-methyl/N-ethyl adjacent to an activating group) is 1. The normalized spacial score (nSPS) is 24.8. The van der Waals surface area contributed by atoms with E-state index in [0.717, 1.165) is 16.0 Å². The van der Waals surface area contributed by atoms with Crippen LogP contribution < -0.4 is 24.3 Å². The van der Waals surface area contributed by atoms with Crippen molar-refractivity contribution in [2.24, 2.45) is 0 Å². The van der Waals surface area contributed by atoms with E-state index in [-0.39, 0.29) is 36.6 Å². The number of carbonyl (C=O) groups excluding carboxylic acids is 4. The second-order valence-electron chi connectivity index (χ2n) is 14.1. The van der Waals surface area contributed by atoms with E-state index < -0.39 is 60.1 Å². The molecule has 5 aliphatic rings. The summed E-state index contributed by atoms with van der Waals surface area (Å²) in [6.07, 6.45) is -0.346. The van der Waals surface area contributed by atoms with Gasteiger partial charge in [0.25, 0.3) is 11.8 Å². The van der Waals surface area contributed by atoms with Crippen molar-refractivity contribution in [2.75, 3.05) is 27.5 Å². The standard InChI is InChI=1S/C38H40N4O10/c1-16-11-20-12-25-38(48)42-24(29(40(25)5)27(20)30(44)31(16)49-6)13-23-28(34-33(50-15-51-34)17(2)32(23)52-19(4)43)26(42)14-39-35(45)18(3)41-36(46)21-9-7-8-10-22(21)37(41)47/h7-11,18,24-26,29,38,44,48H,12-15H2,1-6H3,(H,39,45)/t18-,24-,25-,26-,29-,38-/m0/s1. The first-order valence-electron chi connectivity index (χ1n) is 17.3. The van der Waals surface area contributed by atoms with Crippen LogP contribution in [0.25, 0.3) is 0 Å². The van der Waals surface area contributed by atoms with E-state index in [4.69, 9.17) is 18.9 Å². The number of aryl methyl sites for hydroxylation is 1. The Morgan fingerprint density at radius 1 is 1.02 bits per heavy atom. The van der Waals surface area contributed by atoms with Crippen LogP contribution in [0.3, 0.4) is 0 Å². The molecule has 0 aromatic heterocycles. The molecule has 1 fully saturated rings. The zero-order chi connectivity index (χ0) is 36.9. The molecule has 3 N–H and O–H groups in total. The molecule has 52 heavy (non-hydrogen) atoms. The number of amides is 3. The molecule has 0 saturated carbocycles.